The average molecular weight is 500 g/mol. The zero-order valence-corrected chi connectivity index (χ0v) is 20.0. The molecule has 1 unspecified atom stereocenters. The van der Waals surface area contributed by atoms with E-state index in [1.165, 1.54) is 55.7 Å². The largest absolute Gasteiger partial charge is 0.505 e. The quantitative estimate of drug-likeness (QED) is 0.399. The van der Waals surface area contributed by atoms with Crippen LogP contribution in [0, 0.1) is 6.92 Å². The van der Waals surface area contributed by atoms with Crippen LogP contribution in [0.15, 0.2) is 65.6 Å². The fourth-order valence-electron chi connectivity index (χ4n) is 3.71. The molecule has 2 aromatic carbocycles. The molecular formula is C26H27F2N3O5. The van der Waals surface area contributed by atoms with Gasteiger partial charge in [-0.05, 0) is 37.1 Å². The molecule has 0 radical (unpaired) electrons. The fourth-order valence-corrected chi connectivity index (χ4v) is 3.71. The maximum absolute atomic E-state index is 15.4. The van der Waals surface area contributed by atoms with Gasteiger partial charge in [0.15, 0.2) is 5.69 Å². The summed E-state index contributed by atoms with van der Waals surface area (Å²) < 4.78 is 36.9. The van der Waals surface area contributed by atoms with Gasteiger partial charge in [0.1, 0.15) is 5.75 Å². The van der Waals surface area contributed by atoms with E-state index in [-0.39, 0.29) is 35.4 Å². The first-order valence-electron chi connectivity index (χ1n) is 11.2. The van der Waals surface area contributed by atoms with E-state index in [1.54, 1.807) is 26.0 Å². The van der Waals surface area contributed by atoms with E-state index in [9.17, 15) is 19.5 Å². The van der Waals surface area contributed by atoms with Crippen molar-refractivity contribution in [3.05, 3.63) is 93.4 Å². The minimum absolute atomic E-state index is 0.0943. The van der Waals surface area contributed by atoms with E-state index in [4.69, 9.17) is 4.74 Å². The Bertz CT molecular complexity index is 1320. The van der Waals surface area contributed by atoms with E-state index < -0.39 is 35.3 Å². The number of carbonyl (C=O) groups is 2. The molecule has 36 heavy (non-hydrogen) atoms. The van der Waals surface area contributed by atoms with Gasteiger partial charge < -0.3 is 25.0 Å². The Balaban J connectivity index is 1.93. The molecule has 10 heteroatoms. The predicted molar refractivity (Wildman–Crippen MR) is 130 cm³/mol. The number of hydrogen-bond acceptors (Lipinski definition) is 5. The number of rotatable bonds is 8. The lowest BCUT2D eigenvalue weighted by Crippen LogP contribution is -2.36. The van der Waals surface area contributed by atoms with Gasteiger partial charge in [0, 0.05) is 24.4 Å². The number of ether oxygens (including phenoxy) is 1. The number of carbonyl (C=O) groups excluding carboxylic acids is 2. The van der Waals surface area contributed by atoms with Crippen LogP contribution in [0.1, 0.15) is 41.6 Å². The van der Waals surface area contributed by atoms with Crippen LogP contribution in [0.3, 0.4) is 0 Å². The van der Waals surface area contributed by atoms with Gasteiger partial charge in [-0.2, -0.15) is 8.78 Å². The molecule has 0 aliphatic heterocycles. The summed E-state index contributed by atoms with van der Waals surface area (Å²) in [5.41, 5.74) is -0.865. The Hall–Kier alpha value is -4.21. The predicted octanol–water partition coefficient (Wildman–Crippen LogP) is 4.36. The lowest BCUT2D eigenvalue weighted by Gasteiger charge is -2.23. The molecular weight excluding hydrogens is 472 g/mol. The number of hydrogen-bond donors (Lipinski definition) is 3. The van der Waals surface area contributed by atoms with Crippen molar-refractivity contribution >= 4 is 17.7 Å². The molecule has 0 spiro atoms. The van der Waals surface area contributed by atoms with Crippen molar-refractivity contribution in [2.75, 3.05) is 11.9 Å². The second-order valence-electron chi connectivity index (χ2n) is 8.17. The van der Waals surface area contributed by atoms with Crippen LogP contribution >= 0.6 is 0 Å². The SMILES string of the molecule is CCOC(=O)CC(NC(=O)Nc1c(O)ccn(C)c1=O)c1cccc(C(F)(F)c2ccccc2C)c1. The summed E-state index contributed by atoms with van der Waals surface area (Å²) in [4.78, 5) is 37.2. The summed E-state index contributed by atoms with van der Waals surface area (Å²) in [5.74, 6) is -4.44. The number of esters is 1. The molecule has 1 aromatic heterocycles. The van der Waals surface area contributed by atoms with Gasteiger partial charge in [-0.1, -0.05) is 42.5 Å². The number of nitrogens with one attached hydrogen (secondary N) is 2. The number of aromatic nitrogens is 1. The molecule has 0 saturated carbocycles. The maximum atomic E-state index is 15.4. The summed E-state index contributed by atoms with van der Waals surface area (Å²) >= 11 is 0. The smallest absolute Gasteiger partial charge is 0.319 e. The van der Waals surface area contributed by atoms with Crippen LogP contribution in [-0.4, -0.2) is 28.3 Å². The number of aryl methyl sites for hydroxylation is 2. The third-order valence-corrected chi connectivity index (χ3v) is 5.60. The average Bonchev–Trinajstić information content (AvgIpc) is 2.84. The second kappa shape index (κ2) is 11.0. The maximum Gasteiger partial charge on any atom is 0.319 e. The van der Waals surface area contributed by atoms with Crippen molar-refractivity contribution in [1.29, 1.82) is 0 Å². The fraction of sp³-hybridized carbons (Fsp3) is 0.269. The van der Waals surface area contributed by atoms with Crippen LogP contribution < -0.4 is 16.2 Å². The molecule has 190 valence electrons. The van der Waals surface area contributed by atoms with E-state index in [1.807, 2.05) is 0 Å². The summed E-state index contributed by atoms with van der Waals surface area (Å²) in [5, 5.41) is 14.8. The van der Waals surface area contributed by atoms with E-state index >= 15 is 8.78 Å². The van der Waals surface area contributed by atoms with Crippen LogP contribution in [0.5, 0.6) is 5.75 Å². The lowest BCUT2D eigenvalue weighted by molar-refractivity contribution is -0.143. The van der Waals surface area contributed by atoms with Gasteiger partial charge in [0.05, 0.1) is 19.1 Å². The van der Waals surface area contributed by atoms with Gasteiger partial charge in [0.2, 0.25) is 0 Å². The van der Waals surface area contributed by atoms with Gasteiger partial charge in [0.25, 0.3) is 11.5 Å². The first-order chi connectivity index (χ1) is 17.0. The Morgan fingerprint density at radius 2 is 1.86 bits per heavy atom. The molecule has 1 heterocycles. The van der Waals surface area contributed by atoms with Gasteiger partial charge in [-0.3, -0.25) is 9.59 Å². The Morgan fingerprint density at radius 1 is 1.14 bits per heavy atom. The Labute approximate surface area is 206 Å². The topological polar surface area (TPSA) is 110 Å². The van der Waals surface area contributed by atoms with Crippen LogP contribution in [0.2, 0.25) is 0 Å². The van der Waals surface area contributed by atoms with Crippen molar-refractivity contribution < 1.29 is 28.2 Å². The molecule has 0 bridgehead atoms. The molecule has 0 fully saturated rings. The zero-order valence-electron chi connectivity index (χ0n) is 20.0. The standard InChI is InChI=1S/C26H27F2N3O5/c1-4-36-22(33)15-20(29-25(35)30-23-21(32)12-13-31(3)24(23)34)17-9-7-10-18(14-17)26(27,28)19-11-6-5-8-16(19)2/h5-14,20,32H,4,15H2,1-3H3,(H2,29,30,35). The molecule has 3 rings (SSSR count). The number of urea groups is 1. The van der Waals surface area contributed by atoms with Crippen molar-refractivity contribution in [3.8, 4) is 5.75 Å². The minimum Gasteiger partial charge on any atom is -0.505 e. The zero-order chi connectivity index (χ0) is 26.5. The number of halogens is 2. The minimum atomic E-state index is -3.33. The Morgan fingerprint density at radius 3 is 2.56 bits per heavy atom. The molecule has 3 aromatic rings. The summed E-state index contributed by atoms with van der Waals surface area (Å²) in [6.07, 6.45) is 0.976. The Kier molecular flexibility index (Phi) is 8.08. The number of amides is 2. The molecule has 0 aliphatic carbocycles. The number of benzene rings is 2. The number of anilines is 1. The molecule has 2 amide bonds. The number of pyridine rings is 1. The normalized spacial score (nSPS) is 12.0. The van der Waals surface area contributed by atoms with E-state index in [0.717, 1.165) is 4.57 Å². The van der Waals surface area contributed by atoms with Crippen LogP contribution in [0.25, 0.3) is 0 Å². The third kappa shape index (κ3) is 5.88. The summed E-state index contributed by atoms with van der Waals surface area (Å²) in [7, 11) is 1.44. The van der Waals surface area contributed by atoms with Crippen molar-refractivity contribution in [2.24, 2.45) is 7.05 Å². The number of alkyl halides is 2. The van der Waals surface area contributed by atoms with Gasteiger partial charge >= 0.3 is 12.0 Å². The monoisotopic (exact) mass is 499 g/mol. The molecule has 8 nitrogen and oxygen atoms in total. The first kappa shape index (κ1) is 26.4. The number of nitrogens with zero attached hydrogens (tertiary/aromatic N) is 1. The van der Waals surface area contributed by atoms with Crippen molar-refractivity contribution in [1.82, 2.24) is 9.88 Å². The summed E-state index contributed by atoms with van der Waals surface area (Å²) in [6.45, 7) is 3.30. The molecule has 1 atom stereocenters. The van der Waals surface area contributed by atoms with Crippen molar-refractivity contribution in [3.63, 3.8) is 0 Å². The van der Waals surface area contributed by atoms with E-state index in [0.29, 0.717) is 5.56 Å². The highest BCUT2D eigenvalue weighted by Gasteiger charge is 2.36. The van der Waals surface area contributed by atoms with Gasteiger partial charge in [-0.15, -0.1) is 0 Å². The first-order valence-corrected chi connectivity index (χ1v) is 11.2. The van der Waals surface area contributed by atoms with Crippen LogP contribution in [0.4, 0.5) is 19.3 Å². The summed E-state index contributed by atoms with van der Waals surface area (Å²) in [6, 6.07) is 10.8. The highest BCUT2D eigenvalue weighted by Crippen LogP contribution is 2.38. The number of aromatic hydroxyl groups is 1. The highest BCUT2D eigenvalue weighted by atomic mass is 19.3. The third-order valence-electron chi connectivity index (χ3n) is 5.60. The molecule has 0 aliphatic rings. The lowest BCUT2D eigenvalue weighted by atomic mass is 9.93. The molecule has 0 saturated heterocycles. The van der Waals surface area contributed by atoms with E-state index in [2.05, 4.69) is 10.6 Å². The second-order valence-corrected chi connectivity index (χ2v) is 8.17. The van der Waals surface area contributed by atoms with Crippen molar-refractivity contribution in [2.45, 2.75) is 32.2 Å². The van der Waals surface area contributed by atoms with Crippen LogP contribution in [-0.2, 0) is 22.5 Å². The molecule has 3 N–H and O–H groups in total. The highest BCUT2D eigenvalue weighted by molar-refractivity contribution is 5.91. The van der Waals surface area contributed by atoms with Gasteiger partial charge in [-0.25, -0.2) is 4.79 Å².